The summed E-state index contributed by atoms with van der Waals surface area (Å²) in [6, 6.07) is 0. The van der Waals surface area contributed by atoms with Gasteiger partial charge in [-0.15, -0.1) is 0 Å². The Morgan fingerprint density at radius 1 is 1.40 bits per heavy atom. The molecule has 0 aromatic carbocycles. The summed E-state index contributed by atoms with van der Waals surface area (Å²) in [6.07, 6.45) is 6.49. The highest BCUT2D eigenvalue weighted by Crippen LogP contribution is 2.43. The van der Waals surface area contributed by atoms with E-state index in [-0.39, 0.29) is 11.6 Å². The molecule has 1 aliphatic carbocycles. The third kappa shape index (κ3) is 2.08. The Balaban J connectivity index is 2.20. The lowest BCUT2D eigenvalue weighted by atomic mass is 9.82. The van der Waals surface area contributed by atoms with Crippen LogP contribution in [0.2, 0.25) is 0 Å². The minimum atomic E-state index is -0.266. The minimum Gasteiger partial charge on any atom is -0.451 e. The maximum Gasteiger partial charge on any atom is 0.334 e. The first kappa shape index (κ1) is 11.4. The van der Waals surface area contributed by atoms with Crippen LogP contribution in [0.1, 0.15) is 45.4 Å². The van der Waals surface area contributed by atoms with Crippen LogP contribution in [0, 0.1) is 0 Å². The summed E-state index contributed by atoms with van der Waals surface area (Å²) in [7, 11) is 0. The summed E-state index contributed by atoms with van der Waals surface area (Å²) >= 11 is 2.38. The van der Waals surface area contributed by atoms with E-state index in [0.717, 1.165) is 42.1 Å². The number of ether oxygens (including phenoxy) is 1. The van der Waals surface area contributed by atoms with Crippen LogP contribution in [0.4, 0.5) is 0 Å². The molecule has 0 aromatic heterocycles. The second kappa shape index (κ2) is 4.44. The number of halogens is 1. The molecule has 1 aliphatic heterocycles. The van der Waals surface area contributed by atoms with Crippen LogP contribution in [0.5, 0.6) is 0 Å². The van der Waals surface area contributed by atoms with E-state index in [2.05, 4.69) is 29.5 Å². The van der Waals surface area contributed by atoms with Crippen molar-refractivity contribution < 1.29 is 9.53 Å². The Kier molecular flexibility index (Phi) is 3.38. The van der Waals surface area contributed by atoms with Gasteiger partial charge in [0.15, 0.2) is 0 Å². The lowest BCUT2D eigenvalue weighted by Gasteiger charge is -2.27. The number of esters is 1. The van der Waals surface area contributed by atoms with Gasteiger partial charge >= 0.3 is 5.97 Å². The van der Waals surface area contributed by atoms with Crippen LogP contribution in [-0.2, 0) is 9.53 Å². The molecule has 1 heterocycles. The maximum atomic E-state index is 11.7. The van der Waals surface area contributed by atoms with Gasteiger partial charge in [-0.3, -0.25) is 0 Å². The average Bonchev–Trinajstić information content (AvgIpc) is 2.50. The van der Waals surface area contributed by atoms with Crippen LogP contribution >= 0.6 is 22.6 Å². The number of hydrogen-bond donors (Lipinski definition) is 0. The predicted molar refractivity (Wildman–Crippen MR) is 68.1 cm³/mol. The molecule has 0 amide bonds. The second-order valence-corrected chi connectivity index (χ2v) is 5.66. The second-order valence-electron chi connectivity index (χ2n) is 4.58. The van der Waals surface area contributed by atoms with Crippen molar-refractivity contribution in [1.82, 2.24) is 0 Å². The molecule has 0 spiro atoms. The van der Waals surface area contributed by atoms with E-state index in [1.54, 1.807) is 0 Å². The summed E-state index contributed by atoms with van der Waals surface area (Å²) < 4.78 is 6.71. The standard InChI is InChI=1S/C12H17IO2/c1-12(7-4-8-13)10-6-3-2-5-9(10)11(14)15-12/h2-8H2,1H3. The third-order valence-electron chi connectivity index (χ3n) is 3.46. The van der Waals surface area contributed by atoms with E-state index in [9.17, 15) is 4.79 Å². The van der Waals surface area contributed by atoms with Crippen LogP contribution in [0.15, 0.2) is 11.1 Å². The third-order valence-corrected chi connectivity index (χ3v) is 4.22. The molecule has 2 nitrogen and oxygen atoms in total. The van der Waals surface area contributed by atoms with Gasteiger partial charge in [-0.05, 0) is 55.4 Å². The molecule has 0 aromatic rings. The van der Waals surface area contributed by atoms with Gasteiger partial charge in [-0.2, -0.15) is 0 Å². The van der Waals surface area contributed by atoms with Crippen molar-refractivity contribution >= 4 is 28.6 Å². The van der Waals surface area contributed by atoms with E-state index in [1.807, 2.05) is 0 Å². The van der Waals surface area contributed by atoms with Crippen LogP contribution < -0.4 is 0 Å². The van der Waals surface area contributed by atoms with E-state index in [1.165, 1.54) is 12.0 Å². The first-order valence-corrected chi connectivity index (χ1v) is 7.22. The molecule has 1 atom stereocenters. The molecule has 0 N–H and O–H groups in total. The largest absolute Gasteiger partial charge is 0.451 e. The summed E-state index contributed by atoms with van der Waals surface area (Å²) in [6.45, 7) is 2.09. The Hall–Kier alpha value is -0.0600. The fourth-order valence-electron chi connectivity index (χ4n) is 2.65. The van der Waals surface area contributed by atoms with Crippen LogP contribution in [0.25, 0.3) is 0 Å². The zero-order valence-electron chi connectivity index (χ0n) is 9.14. The highest BCUT2D eigenvalue weighted by atomic mass is 127. The molecule has 2 rings (SSSR count). The van der Waals surface area contributed by atoms with Crippen molar-refractivity contribution in [2.24, 2.45) is 0 Å². The number of carbonyl (C=O) groups is 1. The first-order valence-electron chi connectivity index (χ1n) is 5.69. The fraction of sp³-hybridized carbons (Fsp3) is 0.750. The van der Waals surface area contributed by atoms with Crippen molar-refractivity contribution in [1.29, 1.82) is 0 Å². The van der Waals surface area contributed by atoms with Crippen LogP contribution in [0.3, 0.4) is 0 Å². The molecular formula is C12H17IO2. The van der Waals surface area contributed by atoms with E-state index in [4.69, 9.17) is 4.74 Å². The lowest BCUT2D eigenvalue weighted by molar-refractivity contribution is -0.146. The van der Waals surface area contributed by atoms with Crippen molar-refractivity contribution in [3.63, 3.8) is 0 Å². The summed E-state index contributed by atoms with van der Waals surface area (Å²) in [4.78, 5) is 11.7. The summed E-state index contributed by atoms with van der Waals surface area (Å²) in [5, 5.41) is 0. The maximum absolute atomic E-state index is 11.7. The number of alkyl halides is 1. The van der Waals surface area contributed by atoms with Gasteiger partial charge in [-0.1, -0.05) is 22.6 Å². The zero-order chi connectivity index (χ0) is 10.9. The molecule has 0 bridgehead atoms. The van der Waals surface area contributed by atoms with Crippen molar-refractivity contribution in [2.75, 3.05) is 4.43 Å². The Bertz CT molecular complexity index is 309. The monoisotopic (exact) mass is 320 g/mol. The average molecular weight is 320 g/mol. The van der Waals surface area contributed by atoms with Gasteiger partial charge in [0.1, 0.15) is 5.60 Å². The Labute approximate surface area is 105 Å². The normalized spacial score (nSPS) is 30.4. The molecule has 3 heteroatoms. The lowest BCUT2D eigenvalue weighted by Crippen LogP contribution is -2.28. The highest BCUT2D eigenvalue weighted by molar-refractivity contribution is 14.1. The zero-order valence-corrected chi connectivity index (χ0v) is 11.3. The van der Waals surface area contributed by atoms with E-state index >= 15 is 0 Å². The van der Waals surface area contributed by atoms with Crippen molar-refractivity contribution in [3.05, 3.63) is 11.1 Å². The predicted octanol–water partition coefficient (Wildman–Crippen LogP) is 3.39. The molecule has 15 heavy (non-hydrogen) atoms. The Morgan fingerprint density at radius 2 is 2.13 bits per heavy atom. The number of cyclic esters (lactones) is 1. The van der Waals surface area contributed by atoms with Gasteiger partial charge in [0.2, 0.25) is 0 Å². The van der Waals surface area contributed by atoms with Gasteiger partial charge in [0.05, 0.1) is 0 Å². The minimum absolute atomic E-state index is 0.0411. The smallest absolute Gasteiger partial charge is 0.334 e. The molecule has 0 radical (unpaired) electrons. The van der Waals surface area contributed by atoms with Crippen molar-refractivity contribution in [2.45, 2.75) is 51.0 Å². The van der Waals surface area contributed by atoms with E-state index < -0.39 is 0 Å². The topological polar surface area (TPSA) is 26.3 Å². The molecular weight excluding hydrogens is 303 g/mol. The first-order chi connectivity index (χ1) is 7.17. The van der Waals surface area contributed by atoms with Crippen LogP contribution in [-0.4, -0.2) is 16.0 Å². The summed E-state index contributed by atoms with van der Waals surface area (Å²) in [5.41, 5.74) is 2.04. The van der Waals surface area contributed by atoms with Gasteiger partial charge in [-0.25, -0.2) is 4.79 Å². The highest BCUT2D eigenvalue weighted by Gasteiger charge is 2.43. The van der Waals surface area contributed by atoms with E-state index in [0.29, 0.717) is 0 Å². The van der Waals surface area contributed by atoms with Crippen molar-refractivity contribution in [3.8, 4) is 0 Å². The Morgan fingerprint density at radius 3 is 2.87 bits per heavy atom. The van der Waals surface area contributed by atoms with Gasteiger partial charge in [0, 0.05) is 5.57 Å². The molecule has 84 valence electrons. The summed E-state index contributed by atoms with van der Waals surface area (Å²) in [5.74, 6) is -0.0411. The number of rotatable bonds is 3. The van der Waals surface area contributed by atoms with Gasteiger partial charge < -0.3 is 4.74 Å². The number of carbonyl (C=O) groups excluding carboxylic acids is 1. The SMILES string of the molecule is CC1(CCCI)OC(=O)C2=C1CCCC2. The van der Waals surface area contributed by atoms with Gasteiger partial charge in [0.25, 0.3) is 0 Å². The molecule has 2 aliphatic rings. The molecule has 0 fully saturated rings. The molecule has 0 saturated heterocycles. The number of hydrogen-bond acceptors (Lipinski definition) is 2. The molecule has 0 saturated carbocycles. The quantitative estimate of drug-likeness (QED) is 0.453. The fourth-order valence-corrected chi connectivity index (χ4v) is 3.03. The molecule has 1 unspecified atom stereocenters.